The first-order valence-electron chi connectivity index (χ1n) is 5.12. The van der Waals surface area contributed by atoms with Gasteiger partial charge in [-0.2, -0.15) is 0 Å². The monoisotopic (exact) mass is 350 g/mol. The molecule has 9 heteroatoms. The van der Waals surface area contributed by atoms with E-state index in [4.69, 9.17) is 4.74 Å². The standard InChI is InChI=1S/C11H6BrF3N2O3/c12-8-9(18)16-5-17-10(8)19-6-3-1-2-4-7(6)20-11(13,14)15/h1-5H,(H,16,17,18). The molecule has 0 spiro atoms. The number of alkyl halides is 3. The van der Waals surface area contributed by atoms with Crippen LogP contribution in [0.3, 0.4) is 0 Å². The molecule has 1 N–H and O–H groups in total. The molecule has 2 rings (SSSR count). The second-order valence-electron chi connectivity index (χ2n) is 3.45. The maximum Gasteiger partial charge on any atom is 0.573 e. The second-order valence-corrected chi connectivity index (χ2v) is 4.24. The van der Waals surface area contributed by atoms with Crippen LogP contribution in [0, 0.1) is 0 Å². The largest absolute Gasteiger partial charge is 0.573 e. The van der Waals surface area contributed by atoms with E-state index in [1.807, 2.05) is 0 Å². The van der Waals surface area contributed by atoms with Crippen LogP contribution in [-0.2, 0) is 0 Å². The van der Waals surface area contributed by atoms with Gasteiger partial charge in [0.1, 0.15) is 4.47 Å². The fraction of sp³-hybridized carbons (Fsp3) is 0.0909. The van der Waals surface area contributed by atoms with Gasteiger partial charge < -0.3 is 14.5 Å². The van der Waals surface area contributed by atoms with Crippen molar-refractivity contribution >= 4 is 15.9 Å². The Bertz CT molecular complexity index is 672. The Labute approximate surface area is 118 Å². The fourth-order valence-electron chi connectivity index (χ4n) is 1.29. The van der Waals surface area contributed by atoms with E-state index in [9.17, 15) is 18.0 Å². The third-order valence-corrected chi connectivity index (χ3v) is 2.75. The van der Waals surface area contributed by atoms with Crippen molar-refractivity contribution in [2.75, 3.05) is 0 Å². The van der Waals surface area contributed by atoms with Crippen LogP contribution in [0.5, 0.6) is 17.4 Å². The van der Waals surface area contributed by atoms with E-state index in [1.54, 1.807) is 0 Å². The fourth-order valence-corrected chi connectivity index (χ4v) is 1.58. The molecule has 0 radical (unpaired) electrons. The second kappa shape index (κ2) is 5.53. The van der Waals surface area contributed by atoms with Crippen molar-refractivity contribution in [2.24, 2.45) is 0 Å². The zero-order valence-electron chi connectivity index (χ0n) is 9.57. The quantitative estimate of drug-likeness (QED) is 0.922. The minimum atomic E-state index is -4.85. The molecule has 0 bridgehead atoms. The summed E-state index contributed by atoms with van der Waals surface area (Å²) in [5.41, 5.74) is -0.524. The molecule has 0 aliphatic heterocycles. The number of nitrogens with one attached hydrogen (secondary N) is 1. The van der Waals surface area contributed by atoms with Crippen LogP contribution < -0.4 is 15.0 Å². The molecule has 0 unspecified atom stereocenters. The van der Waals surface area contributed by atoms with Crippen LogP contribution in [0.25, 0.3) is 0 Å². The number of para-hydroxylation sites is 2. The van der Waals surface area contributed by atoms with Gasteiger partial charge in [0.05, 0.1) is 6.33 Å². The van der Waals surface area contributed by atoms with E-state index in [1.165, 1.54) is 18.2 Å². The van der Waals surface area contributed by atoms with Crippen LogP contribution in [0.2, 0.25) is 0 Å². The molecule has 0 saturated heterocycles. The normalized spacial score (nSPS) is 11.2. The molecule has 0 atom stereocenters. The molecule has 2 aromatic rings. The highest BCUT2D eigenvalue weighted by atomic mass is 79.9. The Morgan fingerprint density at radius 3 is 2.50 bits per heavy atom. The predicted molar refractivity (Wildman–Crippen MR) is 65.8 cm³/mol. The van der Waals surface area contributed by atoms with E-state index in [-0.39, 0.29) is 16.1 Å². The molecule has 106 valence electrons. The highest BCUT2D eigenvalue weighted by Crippen LogP contribution is 2.35. The van der Waals surface area contributed by atoms with E-state index in [2.05, 4.69) is 30.6 Å². The van der Waals surface area contributed by atoms with Gasteiger partial charge in [-0.15, -0.1) is 13.2 Å². The molecule has 20 heavy (non-hydrogen) atoms. The van der Waals surface area contributed by atoms with Crippen LogP contribution in [-0.4, -0.2) is 16.3 Å². The number of ether oxygens (including phenoxy) is 2. The number of H-pyrrole nitrogens is 1. The maximum atomic E-state index is 12.2. The Balaban J connectivity index is 2.34. The molecule has 0 aliphatic rings. The number of aromatic amines is 1. The highest BCUT2D eigenvalue weighted by molar-refractivity contribution is 9.10. The zero-order valence-corrected chi connectivity index (χ0v) is 11.2. The average molecular weight is 351 g/mol. The van der Waals surface area contributed by atoms with Crippen molar-refractivity contribution in [2.45, 2.75) is 6.36 Å². The number of benzene rings is 1. The summed E-state index contributed by atoms with van der Waals surface area (Å²) >= 11 is 2.93. The predicted octanol–water partition coefficient (Wildman–Crippen LogP) is 3.22. The summed E-state index contributed by atoms with van der Waals surface area (Å²) in [6.07, 6.45) is -3.78. The number of hydrogen-bond donors (Lipinski definition) is 1. The number of rotatable bonds is 3. The summed E-state index contributed by atoms with van der Waals surface area (Å²) in [6, 6.07) is 5.16. The summed E-state index contributed by atoms with van der Waals surface area (Å²) in [6.45, 7) is 0. The van der Waals surface area contributed by atoms with Gasteiger partial charge >= 0.3 is 6.36 Å². The number of halogens is 4. The number of aromatic nitrogens is 2. The Hall–Kier alpha value is -2.03. The van der Waals surface area contributed by atoms with Gasteiger partial charge in [-0.05, 0) is 28.1 Å². The lowest BCUT2D eigenvalue weighted by atomic mass is 10.3. The first kappa shape index (κ1) is 14.4. The smallest absolute Gasteiger partial charge is 0.434 e. The van der Waals surface area contributed by atoms with Gasteiger partial charge in [0, 0.05) is 0 Å². The van der Waals surface area contributed by atoms with Crippen molar-refractivity contribution in [1.82, 2.24) is 9.97 Å². The van der Waals surface area contributed by atoms with Crippen LogP contribution in [0.15, 0.2) is 39.9 Å². The van der Waals surface area contributed by atoms with Gasteiger partial charge in [-0.25, -0.2) is 4.98 Å². The summed E-state index contributed by atoms with van der Waals surface area (Å²) < 4.78 is 45.7. The lowest BCUT2D eigenvalue weighted by Crippen LogP contribution is -2.17. The minimum Gasteiger partial charge on any atom is -0.434 e. The lowest BCUT2D eigenvalue weighted by molar-refractivity contribution is -0.275. The van der Waals surface area contributed by atoms with Crippen molar-refractivity contribution in [3.63, 3.8) is 0 Å². The third kappa shape index (κ3) is 3.50. The molecule has 0 fully saturated rings. The van der Waals surface area contributed by atoms with E-state index in [0.29, 0.717) is 0 Å². The first-order chi connectivity index (χ1) is 9.37. The van der Waals surface area contributed by atoms with Crippen molar-refractivity contribution in [1.29, 1.82) is 0 Å². The Kier molecular flexibility index (Phi) is 3.98. The highest BCUT2D eigenvalue weighted by Gasteiger charge is 2.32. The molecular formula is C11H6BrF3N2O3. The van der Waals surface area contributed by atoms with Crippen LogP contribution in [0.1, 0.15) is 0 Å². The van der Waals surface area contributed by atoms with E-state index in [0.717, 1.165) is 12.4 Å². The van der Waals surface area contributed by atoms with Crippen LogP contribution >= 0.6 is 15.9 Å². The topological polar surface area (TPSA) is 64.2 Å². The van der Waals surface area contributed by atoms with Crippen LogP contribution in [0.4, 0.5) is 13.2 Å². The van der Waals surface area contributed by atoms with Gasteiger partial charge in [0.15, 0.2) is 11.5 Å². The zero-order chi connectivity index (χ0) is 14.8. The summed E-state index contributed by atoms with van der Waals surface area (Å²) in [7, 11) is 0. The van der Waals surface area contributed by atoms with E-state index >= 15 is 0 Å². The van der Waals surface area contributed by atoms with Gasteiger partial charge in [0.25, 0.3) is 5.56 Å². The van der Waals surface area contributed by atoms with Gasteiger partial charge in [-0.3, -0.25) is 4.79 Å². The molecule has 1 aromatic carbocycles. The van der Waals surface area contributed by atoms with Crippen molar-refractivity contribution in [3.05, 3.63) is 45.4 Å². The minimum absolute atomic E-state index is 0.0400. The summed E-state index contributed by atoms with van der Waals surface area (Å²) in [5, 5.41) is 0. The molecule has 1 heterocycles. The molecule has 0 aliphatic carbocycles. The lowest BCUT2D eigenvalue weighted by Gasteiger charge is -2.13. The average Bonchev–Trinajstić information content (AvgIpc) is 2.35. The Morgan fingerprint density at radius 1 is 1.20 bits per heavy atom. The first-order valence-corrected chi connectivity index (χ1v) is 5.92. The summed E-state index contributed by atoms with van der Waals surface area (Å²) in [4.78, 5) is 17.3. The van der Waals surface area contributed by atoms with Crippen molar-refractivity contribution in [3.8, 4) is 17.4 Å². The molecule has 5 nitrogen and oxygen atoms in total. The summed E-state index contributed by atoms with van der Waals surface area (Å²) in [5.74, 6) is -0.926. The molecule has 0 amide bonds. The van der Waals surface area contributed by atoms with Gasteiger partial charge in [0.2, 0.25) is 5.88 Å². The molecular weight excluding hydrogens is 345 g/mol. The number of hydrogen-bond acceptors (Lipinski definition) is 4. The Morgan fingerprint density at radius 2 is 1.85 bits per heavy atom. The van der Waals surface area contributed by atoms with E-state index < -0.39 is 17.7 Å². The van der Waals surface area contributed by atoms with Crippen molar-refractivity contribution < 1.29 is 22.6 Å². The molecule has 1 aromatic heterocycles. The van der Waals surface area contributed by atoms with Gasteiger partial charge in [-0.1, -0.05) is 12.1 Å². The molecule has 0 saturated carbocycles. The SMILES string of the molecule is O=c1[nH]cnc(Oc2ccccc2OC(F)(F)F)c1Br. The third-order valence-electron chi connectivity index (χ3n) is 2.05. The maximum absolute atomic E-state index is 12.2. The number of nitrogens with zero attached hydrogens (tertiary/aromatic N) is 1.